The summed E-state index contributed by atoms with van der Waals surface area (Å²) in [5, 5.41) is 85.7. The van der Waals surface area contributed by atoms with Gasteiger partial charge < -0.3 is 87.5 Å². The number of amides is 11. The maximum Gasteiger partial charge on any atom is 0.329 e. The maximum absolute atomic E-state index is 15.6. The van der Waals surface area contributed by atoms with E-state index in [4.69, 9.17) is 4.74 Å². The van der Waals surface area contributed by atoms with Gasteiger partial charge in [-0.15, -0.1) is 0 Å². The van der Waals surface area contributed by atoms with E-state index in [-0.39, 0.29) is 73.1 Å². The van der Waals surface area contributed by atoms with Crippen LogP contribution >= 0.6 is 0 Å². The van der Waals surface area contributed by atoms with Crippen molar-refractivity contribution in [2.24, 2.45) is 35.5 Å². The molecule has 8 aliphatic rings. The Balaban J connectivity index is 1.02. The topological polar surface area (TPSA) is 452 Å². The van der Waals surface area contributed by atoms with Crippen molar-refractivity contribution < 1.29 is 87.8 Å². The van der Waals surface area contributed by atoms with E-state index in [2.05, 4.69) is 53.4 Å². The highest BCUT2D eigenvalue weighted by atomic mass is 16.6. The number of hydrogen-bond acceptors (Lipinski definition) is 22. The summed E-state index contributed by atoms with van der Waals surface area (Å²) >= 11 is 0. The number of β-amino-alcohol motifs (C(OH)–C–C–N with tert-alkyl or cyclic N) is 1. The van der Waals surface area contributed by atoms with E-state index in [9.17, 15) is 63.9 Å². The van der Waals surface area contributed by atoms with Crippen molar-refractivity contribution in [3.05, 3.63) is 47.5 Å². The molecule has 2 aromatic rings. The molecular weight excluding hydrogens is 1370 g/mol. The highest BCUT2D eigenvalue weighted by Gasteiger charge is 2.64. The zero-order valence-electron chi connectivity index (χ0n) is 62.9. The minimum atomic E-state index is -2.19. The second kappa shape index (κ2) is 31.3. The highest BCUT2D eigenvalue weighted by Crippen LogP contribution is 2.53. The molecule has 8 aliphatic heterocycles. The molecule has 33 nitrogen and oxygen atoms in total. The van der Waals surface area contributed by atoms with Crippen molar-refractivity contribution in [2.75, 3.05) is 30.8 Å². The van der Waals surface area contributed by atoms with Crippen LogP contribution in [0.2, 0.25) is 0 Å². The number of hydrogen-bond donors (Lipinski definition) is 15. The van der Waals surface area contributed by atoms with Crippen LogP contribution in [-0.2, 0) is 73.5 Å². The number of rotatable bonds is 11. The molecule has 19 atom stereocenters. The Hall–Kier alpha value is -8.60. The van der Waals surface area contributed by atoms with Gasteiger partial charge in [-0.25, -0.2) is 15.6 Å². The first-order valence-corrected chi connectivity index (χ1v) is 37.1. The smallest absolute Gasteiger partial charge is 0.329 e. The second-order valence-electron chi connectivity index (χ2n) is 32.2. The first-order valence-electron chi connectivity index (χ1n) is 37.1. The summed E-state index contributed by atoms with van der Waals surface area (Å²) in [7, 11) is 1.38. The van der Waals surface area contributed by atoms with Crippen LogP contribution in [0.15, 0.2) is 36.4 Å². The van der Waals surface area contributed by atoms with Crippen LogP contribution in [-0.4, -0.2) is 245 Å². The Kier molecular flexibility index (Phi) is 23.6. The van der Waals surface area contributed by atoms with Crippen molar-refractivity contribution in [3.63, 3.8) is 0 Å². The number of carbonyl (C=O) groups is 12. The Bertz CT molecular complexity index is 3780. The SMILES string of the molecule is CC(C)C[C@@H]1NC(=O)[C@H]2CCCNN2C(=O)[C@H](C(C)C)OC(=O)[C@@H](C(C)C)NC(=O)[C@@H]2C[C@@]3(O)c4cc(-c5ccc6c(c5)[C@]5(O)C[C@H]7C(=O)N[C@H](C(C)C)C(=O)N(C)[C@@H](C(C)C)C(=O)N8NC[C@H](O)C[C@@H]8C(=O)N[C@@H](CC(C)C)C(=O)N[C@H]([C@H](C)O)C(=O)N7[C@@H]5N6)ccc4N[C@H]3N2C(=O)[C@@H]([C@H](C)O)NC1=O. The number of carbonyl (C=O) groups excluding carboxylic acids is 12. The number of esters is 1. The largest absolute Gasteiger partial charge is 0.450 e. The fourth-order valence-corrected chi connectivity index (χ4v) is 16.1. The molecule has 0 saturated carbocycles. The molecule has 106 heavy (non-hydrogen) atoms. The molecule has 8 heterocycles. The molecule has 11 amide bonds. The molecule has 33 heteroatoms. The lowest BCUT2D eigenvalue weighted by molar-refractivity contribution is -0.171. The predicted octanol–water partition coefficient (Wildman–Crippen LogP) is -1.45. The highest BCUT2D eigenvalue weighted by molar-refractivity contribution is 6.01. The van der Waals surface area contributed by atoms with Crippen molar-refractivity contribution in [2.45, 2.75) is 256 Å². The zero-order chi connectivity index (χ0) is 77.9. The van der Waals surface area contributed by atoms with E-state index in [1.54, 1.807) is 119 Å². The fourth-order valence-electron chi connectivity index (χ4n) is 16.1. The Morgan fingerprint density at radius 1 is 0.481 bits per heavy atom. The number of nitrogens with zero attached hydrogens (tertiary/aromatic N) is 5. The lowest BCUT2D eigenvalue weighted by Gasteiger charge is -2.42. The number of likely N-dealkylation sites (N-methyl/N-ethyl adjacent to an activating group) is 1. The summed E-state index contributed by atoms with van der Waals surface area (Å²) in [5.74, 6) is -13.6. The third-order valence-corrected chi connectivity index (χ3v) is 21.7. The minimum Gasteiger partial charge on any atom is -0.450 e. The van der Waals surface area contributed by atoms with Crippen molar-refractivity contribution in [1.29, 1.82) is 0 Å². The quantitative estimate of drug-likeness (QED) is 0.114. The summed E-state index contributed by atoms with van der Waals surface area (Å²) < 4.78 is 5.99. The van der Waals surface area contributed by atoms with E-state index < -0.39 is 222 Å². The van der Waals surface area contributed by atoms with Crippen LogP contribution in [0.25, 0.3) is 11.1 Å². The number of ether oxygens (including phenoxy) is 1. The van der Waals surface area contributed by atoms with Crippen molar-refractivity contribution >= 4 is 82.3 Å². The summed E-state index contributed by atoms with van der Waals surface area (Å²) in [6, 6.07) is -6.67. The van der Waals surface area contributed by atoms with Crippen molar-refractivity contribution in [3.8, 4) is 11.1 Å². The van der Waals surface area contributed by atoms with Gasteiger partial charge in [0.15, 0.2) is 6.10 Å². The number of cyclic esters (lactones) is 1. The third kappa shape index (κ3) is 15.3. The molecule has 0 unspecified atom stereocenters. The number of benzene rings is 2. The van der Waals surface area contributed by atoms with Crippen LogP contribution in [0.3, 0.4) is 0 Å². The average molecular weight is 1480 g/mol. The van der Waals surface area contributed by atoms with E-state index in [0.717, 1.165) is 19.8 Å². The van der Waals surface area contributed by atoms with Crippen molar-refractivity contribution in [1.82, 2.24) is 67.5 Å². The molecule has 0 aliphatic carbocycles. The summed E-state index contributed by atoms with van der Waals surface area (Å²) in [5.41, 5.74) is 3.09. The van der Waals surface area contributed by atoms with Crippen LogP contribution in [0, 0.1) is 35.5 Å². The monoisotopic (exact) mass is 1480 g/mol. The molecular formula is C73H107N15O18. The molecule has 582 valence electrons. The minimum absolute atomic E-state index is 0.0147. The van der Waals surface area contributed by atoms with Gasteiger partial charge in [-0.1, -0.05) is 95.2 Å². The van der Waals surface area contributed by atoms with Gasteiger partial charge in [0.25, 0.3) is 11.8 Å². The molecule has 0 radical (unpaired) electrons. The number of hydrazine groups is 2. The fraction of sp³-hybridized carbons (Fsp3) is 0.671. The molecule has 0 aromatic heterocycles. The molecule has 15 N–H and O–H groups in total. The van der Waals surface area contributed by atoms with Gasteiger partial charge in [0.05, 0.1) is 18.3 Å². The number of anilines is 2. The first-order chi connectivity index (χ1) is 49.7. The summed E-state index contributed by atoms with van der Waals surface area (Å²) in [6.07, 6.45) is -9.70. The van der Waals surface area contributed by atoms with Gasteiger partial charge in [0.2, 0.25) is 53.2 Å². The van der Waals surface area contributed by atoms with E-state index in [0.29, 0.717) is 17.5 Å². The van der Waals surface area contributed by atoms with Crippen LogP contribution < -0.4 is 53.4 Å². The lowest BCUT2D eigenvalue weighted by Crippen LogP contribution is -2.68. The van der Waals surface area contributed by atoms with Crippen LogP contribution in [0.4, 0.5) is 11.4 Å². The normalized spacial score (nSPS) is 33.1. The van der Waals surface area contributed by atoms with Gasteiger partial charge in [0.1, 0.15) is 90.0 Å². The summed E-state index contributed by atoms with van der Waals surface area (Å²) in [6.45, 7) is 23.0. The maximum atomic E-state index is 15.6. The third-order valence-electron chi connectivity index (χ3n) is 21.7. The van der Waals surface area contributed by atoms with E-state index in [1.165, 1.54) is 25.8 Å². The molecule has 0 spiro atoms. The first kappa shape index (κ1) is 80.0. The molecule has 0 bridgehead atoms. The molecule has 2 aromatic carbocycles. The predicted molar refractivity (Wildman–Crippen MR) is 382 cm³/mol. The number of aliphatic hydroxyl groups excluding tert-OH is 3. The number of nitrogens with one attached hydrogen (secondary N) is 10. The second-order valence-corrected chi connectivity index (χ2v) is 32.2. The van der Waals surface area contributed by atoms with Crippen LogP contribution in [0.5, 0.6) is 0 Å². The standard InChI is InChI=1S/C73H107N15O18/c1-31(2)23-46-58(92)82-55(38(14)90)66(100)86-51(63(97)81-53(34(7)8)69(103)106-57(36(11)12)68(102)87-48(60(94)76-46)17-16-22-74-87)29-73(105)43-26-40(19-21-45(43)79-71(73)86)39-18-20-44-42(25-39)72(104)28-50-62(96)80-52(33(5)6)64(98)84(15)56(35(9)10)67(101)88-49(27-41(91)30-75-88)61(95)77-47(24-32(3)4)59(93)83-54(37(13)89)65(99)85(50)70(72)78-44/h18-21,25-26,31-38,41,46-57,70-71,74-75,78-79,89-91,104-105H,16-17,22-24,27-30H2,1-15H3,(H,76,94)(H,77,95)(H,80,96)(H,81,97)(H,82,92)(H,83,93)/t37-,38-,41+,46-,47-,48+,49+,50-,51-,52+,53+,54+,55+,56-,57-,70-,71-,72+,73+/m0/s1. The Morgan fingerprint density at radius 3 is 1.35 bits per heavy atom. The van der Waals surface area contributed by atoms with Gasteiger partial charge in [-0.05, 0) is 110 Å². The van der Waals surface area contributed by atoms with E-state index in [1.807, 2.05) is 0 Å². The lowest BCUT2D eigenvalue weighted by atomic mass is 9.86. The van der Waals surface area contributed by atoms with Gasteiger partial charge in [-0.2, -0.15) is 0 Å². The number of aliphatic hydroxyl groups is 5. The molecule has 10 rings (SSSR count). The average Bonchev–Trinajstić information content (AvgIpc) is 1.55. The van der Waals surface area contributed by atoms with Crippen LogP contribution in [0.1, 0.15) is 153 Å². The van der Waals surface area contributed by atoms with Gasteiger partial charge >= 0.3 is 5.97 Å². The summed E-state index contributed by atoms with van der Waals surface area (Å²) in [4.78, 5) is 182. The Labute approximate surface area is 616 Å². The number of fused-ring (bicyclic) bond motifs is 12. The van der Waals surface area contributed by atoms with E-state index >= 15 is 19.2 Å². The molecule has 6 saturated heterocycles. The zero-order valence-corrected chi connectivity index (χ0v) is 62.9. The Morgan fingerprint density at radius 2 is 0.915 bits per heavy atom. The van der Waals surface area contributed by atoms with Gasteiger partial charge in [-0.3, -0.25) is 62.8 Å². The van der Waals surface area contributed by atoms with Gasteiger partial charge in [0, 0.05) is 61.9 Å². The molecule has 6 fully saturated rings.